The molecule has 0 radical (unpaired) electrons. The van der Waals surface area contributed by atoms with Gasteiger partial charge in [-0.25, -0.2) is 0 Å². The van der Waals surface area contributed by atoms with E-state index in [0.717, 1.165) is 32.5 Å². The highest BCUT2D eigenvalue weighted by Crippen LogP contribution is 2.15. The Morgan fingerprint density at radius 2 is 1.65 bits per heavy atom. The molecule has 0 spiro atoms. The molecule has 0 unspecified atom stereocenters. The first-order valence-electron chi connectivity index (χ1n) is 7.96. The lowest BCUT2D eigenvalue weighted by atomic mass is 10.2. The lowest BCUT2D eigenvalue weighted by Gasteiger charge is -2.22. The zero-order valence-corrected chi connectivity index (χ0v) is 12.9. The molecule has 1 rings (SSSR count). The van der Waals surface area contributed by atoms with E-state index in [1.807, 2.05) is 0 Å². The minimum absolute atomic E-state index is 0.265. The van der Waals surface area contributed by atoms with Crippen molar-refractivity contribution in [3.05, 3.63) is 0 Å². The molecule has 0 bridgehead atoms. The lowest BCUT2D eigenvalue weighted by Crippen LogP contribution is -2.35. The SMILES string of the molecule is CCCCOCCOCCOCCN1CCC[C@H]1CO. The van der Waals surface area contributed by atoms with E-state index < -0.39 is 0 Å². The molecule has 1 N–H and O–H groups in total. The van der Waals surface area contributed by atoms with Crippen molar-refractivity contribution >= 4 is 0 Å². The van der Waals surface area contributed by atoms with Gasteiger partial charge in [-0.05, 0) is 25.8 Å². The molecule has 5 heteroatoms. The molecular formula is C15H31NO4. The Kier molecular flexibility index (Phi) is 11.2. The van der Waals surface area contributed by atoms with Crippen molar-refractivity contribution in [3.8, 4) is 0 Å². The molecule has 0 aliphatic carbocycles. The molecule has 0 aromatic carbocycles. The van der Waals surface area contributed by atoms with E-state index in [4.69, 9.17) is 14.2 Å². The van der Waals surface area contributed by atoms with Crippen molar-refractivity contribution in [2.24, 2.45) is 0 Å². The van der Waals surface area contributed by atoms with E-state index in [2.05, 4.69) is 11.8 Å². The van der Waals surface area contributed by atoms with Crippen molar-refractivity contribution in [1.29, 1.82) is 0 Å². The second kappa shape index (κ2) is 12.5. The van der Waals surface area contributed by atoms with Gasteiger partial charge in [0.05, 0.1) is 39.6 Å². The van der Waals surface area contributed by atoms with Crippen LogP contribution in [0.5, 0.6) is 0 Å². The van der Waals surface area contributed by atoms with Crippen molar-refractivity contribution in [2.45, 2.75) is 38.6 Å². The van der Waals surface area contributed by atoms with Crippen molar-refractivity contribution in [1.82, 2.24) is 4.90 Å². The Hall–Kier alpha value is -0.200. The standard InChI is InChI=1S/C15H31NO4/c1-2-3-8-18-10-12-20-13-11-19-9-7-16-6-4-5-15(16)14-17/h15,17H,2-14H2,1H3/t15-/m0/s1. The molecule has 1 heterocycles. The summed E-state index contributed by atoms with van der Waals surface area (Å²) >= 11 is 0. The fraction of sp³-hybridized carbons (Fsp3) is 1.00. The van der Waals surface area contributed by atoms with Gasteiger partial charge in [0.15, 0.2) is 0 Å². The van der Waals surface area contributed by atoms with Crippen molar-refractivity contribution < 1.29 is 19.3 Å². The minimum atomic E-state index is 0.265. The molecule has 120 valence electrons. The Bertz CT molecular complexity index is 216. The molecule has 20 heavy (non-hydrogen) atoms. The fourth-order valence-electron chi connectivity index (χ4n) is 2.37. The fourth-order valence-corrected chi connectivity index (χ4v) is 2.37. The van der Waals surface area contributed by atoms with E-state index in [1.54, 1.807) is 0 Å². The third-order valence-corrected chi connectivity index (χ3v) is 3.62. The van der Waals surface area contributed by atoms with Crippen LogP contribution in [0.15, 0.2) is 0 Å². The molecule has 5 nitrogen and oxygen atoms in total. The van der Waals surface area contributed by atoms with Gasteiger partial charge in [-0.3, -0.25) is 4.90 Å². The number of aliphatic hydroxyl groups excluding tert-OH is 1. The summed E-state index contributed by atoms with van der Waals surface area (Å²) in [7, 11) is 0. The maximum Gasteiger partial charge on any atom is 0.0701 e. The number of ether oxygens (including phenoxy) is 3. The monoisotopic (exact) mass is 289 g/mol. The number of hydrogen-bond donors (Lipinski definition) is 1. The van der Waals surface area contributed by atoms with E-state index in [-0.39, 0.29) is 6.61 Å². The van der Waals surface area contributed by atoms with Gasteiger partial charge in [0.25, 0.3) is 0 Å². The number of likely N-dealkylation sites (tertiary alicyclic amines) is 1. The number of hydrogen-bond acceptors (Lipinski definition) is 5. The first-order valence-corrected chi connectivity index (χ1v) is 7.96. The maximum atomic E-state index is 9.20. The quantitative estimate of drug-likeness (QED) is 0.518. The average molecular weight is 289 g/mol. The smallest absolute Gasteiger partial charge is 0.0701 e. The van der Waals surface area contributed by atoms with E-state index in [9.17, 15) is 5.11 Å². The molecule has 0 saturated carbocycles. The summed E-state index contributed by atoms with van der Waals surface area (Å²) in [6, 6.07) is 0.343. The number of unbranched alkanes of at least 4 members (excludes halogenated alkanes) is 1. The Balaban J connectivity index is 1.78. The summed E-state index contributed by atoms with van der Waals surface area (Å²) in [5.41, 5.74) is 0. The topological polar surface area (TPSA) is 51.2 Å². The van der Waals surface area contributed by atoms with Gasteiger partial charge in [-0.15, -0.1) is 0 Å². The predicted octanol–water partition coefficient (Wildman–Crippen LogP) is 1.29. The molecule has 0 aromatic rings. The highest BCUT2D eigenvalue weighted by atomic mass is 16.5. The summed E-state index contributed by atoms with van der Waals surface area (Å²) in [6.45, 7) is 8.53. The van der Waals surface area contributed by atoms with Crippen LogP contribution in [0.4, 0.5) is 0 Å². The van der Waals surface area contributed by atoms with Crippen LogP contribution in [0, 0.1) is 0 Å². The normalized spacial score (nSPS) is 19.8. The second-order valence-corrected chi connectivity index (χ2v) is 5.21. The van der Waals surface area contributed by atoms with Gasteiger partial charge in [0, 0.05) is 19.2 Å². The van der Waals surface area contributed by atoms with Crippen LogP contribution < -0.4 is 0 Å². The second-order valence-electron chi connectivity index (χ2n) is 5.21. The van der Waals surface area contributed by atoms with E-state index in [1.165, 1.54) is 12.8 Å². The highest BCUT2D eigenvalue weighted by molar-refractivity contribution is 4.77. The molecule has 0 aromatic heterocycles. The molecule has 1 aliphatic heterocycles. The predicted molar refractivity (Wildman–Crippen MR) is 79.0 cm³/mol. The first kappa shape index (κ1) is 17.9. The Morgan fingerprint density at radius 3 is 2.30 bits per heavy atom. The third kappa shape index (κ3) is 8.17. The number of nitrogens with zero attached hydrogens (tertiary/aromatic N) is 1. The van der Waals surface area contributed by atoms with Gasteiger partial charge in [0.2, 0.25) is 0 Å². The van der Waals surface area contributed by atoms with Gasteiger partial charge in [0.1, 0.15) is 0 Å². The minimum Gasteiger partial charge on any atom is -0.395 e. The molecular weight excluding hydrogens is 258 g/mol. The van der Waals surface area contributed by atoms with Crippen LogP contribution in [0.3, 0.4) is 0 Å². The first-order chi connectivity index (χ1) is 9.88. The summed E-state index contributed by atoms with van der Waals surface area (Å²) in [5.74, 6) is 0. The number of rotatable bonds is 13. The zero-order valence-electron chi connectivity index (χ0n) is 12.9. The van der Waals surface area contributed by atoms with Gasteiger partial charge < -0.3 is 19.3 Å². The lowest BCUT2D eigenvalue weighted by molar-refractivity contribution is 0.00845. The highest BCUT2D eigenvalue weighted by Gasteiger charge is 2.22. The van der Waals surface area contributed by atoms with Crippen LogP contribution in [-0.4, -0.2) is 75.4 Å². The summed E-state index contributed by atoms with van der Waals surface area (Å²) < 4.78 is 16.4. The summed E-state index contributed by atoms with van der Waals surface area (Å²) in [5, 5.41) is 9.20. The zero-order chi connectivity index (χ0) is 14.5. The molecule has 1 atom stereocenters. The summed E-state index contributed by atoms with van der Waals surface area (Å²) in [6.07, 6.45) is 4.58. The molecule has 0 amide bonds. The van der Waals surface area contributed by atoms with Crippen LogP contribution >= 0.6 is 0 Å². The molecule has 1 fully saturated rings. The summed E-state index contributed by atoms with van der Waals surface area (Å²) in [4.78, 5) is 2.31. The van der Waals surface area contributed by atoms with Crippen LogP contribution in [0.25, 0.3) is 0 Å². The maximum absolute atomic E-state index is 9.20. The van der Waals surface area contributed by atoms with Crippen molar-refractivity contribution in [3.63, 3.8) is 0 Å². The molecule has 1 aliphatic rings. The van der Waals surface area contributed by atoms with Gasteiger partial charge in [-0.2, -0.15) is 0 Å². The van der Waals surface area contributed by atoms with Crippen LogP contribution in [0.2, 0.25) is 0 Å². The van der Waals surface area contributed by atoms with E-state index >= 15 is 0 Å². The van der Waals surface area contributed by atoms with Crippen molar-refractivity contribution in [2.75, 3.05) is 59.3 Å². The Morgan fingerprint density at radius 1 is 1.00 bits per heavy atom. The third-order valence-electron chi connectivity index (χ3n) is 3.62. The van der Waals surface area contributed by atoms with Gasteiger partial charge >= 0.3 is 0 Å². The number of aliphatic hydroxyl groups is 1. The van der Waals surface area contributed by atoms with E-state index in [0.29, 0.717) is 39.1 Å². The van der Waals surface area contributed by atoms with Crippen LogP contribution in [0.1, 0.15) is 32.6 Å². The molecule has 1 saturated heterocycles. The Labute approximate surface area is 123 Å². The van der Waals surface area contributed by atoms with Crippen LogP contribution in [-0.2, 0) is 14.2 Å². The average Bonchev–Trinajstić information content (AvgIpc) is 2.92. The van der Waals surface area contributed by atoms with Gasteiger partial charge in [-0.1, -0.05) is 13.3 Å². The largest absolute Gasteiger partial charge is 0.395 e.